The molecule has 1 fully saturated rings. The molecule has 1 unspecified atom stereocenters. The van der Waals surface area contributed by atoms with E-state index >= 15 is 0 Å². The highest BCUT2D eigenvalue weighted by molar-refractivity contribution is 7.87. The molecule has 1 aliphatic heterocycles. The summed E-state index contributed by atoms with van der Waals surface area (Å²) in [5, 5.41) is 3.98. The molecular weight excluding hydrogens is 598 g/mol. The standard InChI is InChI=1S/C29H39N3O11S/c1-14(2)20-10-21(15(3)4)27(22(11-20)16(5)6)44(37,38)43-24-12-30-32(29(36)31-24)28-26(41-19(9)35)25(40-18(8)34)23(42-28)13-39-17(7)33/h10-12,14-16,23,25-26,28H,13H2,1-9H3/t23-,25+,26?,28-/m1/s1. The quantitative estimate of drug-likeness (QED) is 0.199. The van der Waals surface area contributed by atoms with Gasteiger partial charge in [0.05, 0.1) is 0 Å². The van der Waals surface area contributed by atoms with Crippen LogP contribution in [0.3, 0.4) is 0 Å². The maximum atomic E-state index is 13.7. The number of nitrogens with zero attached hydrogens (tertiary/aromatic N) is 3. The van der Waals surface area contributed by atoms with Gasteiger partial charge in [0.1, 0.15) is 23.8 Å². The summed E-state index contributed by atoms with van der Waals surface area (Å²) in [5.41, 5.74) is 1.01. The van der Waals surface area contributed by atoms with E-state index in [1.165, 1.54) is 0 Å². The minimum absolute atomic E-state index is 0.00413. The first kappa shape index (κ1) is 34.6. The van der Waals surface area contributed by atoms with Crippen molar-refractivity contribution >= 4 is 28.0 Å². The molecule has 1 aliphatic rings. The van der Waals surface area contributed by atoms with Crippen molar-refractivity contribution in [2.75, 3.05) is 6.61 Å². The molecule has 3 rings (SSSR count). The lowest BCUT2D eigenvalue weighted by Crippen LogP contribution is -2.42. The van der Waals surface area contributed by atoms with Crippen LogP contribution in [0.25, 0.3) is 0 Å². The van der Waals surface area contributed by atoms with Crippen LogP contribution in [0, 0.1) is 0 Å². The SMILES string of the molecule is CC(=O)OC[C@H]1O[C@@H](n2ncc(OS(=O)(=O)c3c(C(C)C)cc(C(C)C)cc3C(C)C)nc2=O)C(OC(C)=O)[C@H]1OC(C)=O. The molecule has 4 atom stereocenters. The Morgan fingerprint density at radius 3 is 1.89 bits per heavy atom. The maximum absolute atomic E-state index is 13.7. The second kappa shape index (κ2) is 13.8. The van der Waals surface area contributed by atoms with Crippen molar-refractivity contribution in [1.82, 2.24) is 14.8 Å². The van der Waals surface area contributed by atoms with Crippen molar-refractivity contribution in [1.29, 1.82) is 0 Å². The van der Waals surface area contributed by atoms with Gasteiger partial charge in [-0.25, -0.2) is 4.79 Å². The van der Waals surface area contributed by atoms with E-state index in [1.54, 1.807) is 0 Å². The smallest absolute Gasteiger partial charge is 0.369 e. The van der Waals surface area contributed by atoms with Crippen LogP contribution in [0.1, 0.15) is 103 Å². The van der Waals surface area contributed by atoms with Gasteiger partial charge < -0.3 is 23.1 Å². The first-order valence-corrected chi connectivity index (χ1v) is 15.5. The molecule has 0 aliphatic carbocycles. The van der Waals surface area contributed by atoms with Crippen LogP contribution >= 0.6 is 0 Å². The van der Waals surface area contributed by atoms with Crippen LogP contribution < -0.4 is 9.87 Å². The Balaban J connectivity index is 2.03. The first-order chi connectivity index (χ1) is 20.4. The molecule has 44 heavy (non-hydrogen) atoms. The summed E-state index contributed by atoms with van der Waals surface area (Å²) < 4.78 is 54.8. The highest BCUT2D eigenvalue weighted by atomic mass is 32.2. The Morgan fingerprint density at radius 2 is 1.43 bits per heavy atom. The summed E-state index contributed by atoms with van der Waals surface area (Å²) in [6, 6.07) is 3.69. The number of benzene rings is 1. The topological polar surface area (TPSA) is 179 Å². The summed E-state index contributed by atoms with van der Waals surface area (Å²) >= 11 is 0. The number of carbonyl (C=O) groups excluding carboxylic acids is 3. The number of hydrogen-bond acceptors (Lipinski definition) is 13. The Bertz CT molecular complexity index is 1540. The van der Waals surface area contributed by atoms with Gasteiger partial charge >= 0.3 is 33.7 Å². The maximum Gasteiger partial charge on any atom is 0.369 e. The monoisotopic (exact) mass is 637 g/mol. The highest BCUT2D eigenvalue weighted by Gasteiger charge is 2.51. The lowest BCUT2D eigenvalue weighted by atomic mass is 9.89. The predicted octanol–water partition coefficient (Wildman–Crippen LogP) is 3.10. The van der Waals surface area contributed by atoms with Crippen molar-refractivity contribution in [3.63, 3.8) is 0 Å². The number of carbonyl (C=O) groups is 3. The third-order valence-electron chi connectivity index (χ3n) is 6.80. The summed E-state index contributed by atoms with van der Waals surface area (Å²) in [5.74, 6) is -2.96. The Morgan fingerprint density at radius 1 is 0.886 bits per heavy atom. The molecular formula is C29H39N3O11S. The third-order valence-corrected chi connectivity index (χ3v) is 8.16. The zero-order valence-corrected chi connectivity index (χ0v) is 27.0. The van der Waals surface area contributed by atoms with Crippen molar-refractivity contribution < 1.29 is 45.9 Å². The van der Waals surface area contributed by atoms with Crippen LogP contribution in [0.15, 0.2) is 28.0 Å². The van der Waals surface area contributed by atoms with E-state index in [-0.39, 0.29) is 22.6 Å². The van der Waals surface area contributed by atoms with Gasteiger partial charge in [-0.15, -0.1) is 0 Å². The molecule has 2 heterocycles. The Hall–Kier alpha value is -3.85. The molecule has 0 bridgehead atoms. The van der Waals surface area contributed by atoms with E-state index in [2.05, 4.69) is 10.1 Å². The summed E-state index contributed by atoms with van der Waals surface area (Å²) in [4.78, 5) is 52.0. The number of aromatic nitrogens is 3. The largest absolute Gasteiger partial charge is 0.463 e. The Labute approximate surface area is 256 Å². The summed E-state index contributed by atoms with van der Waals surface area (Å²) in [6.07, 6.45) is -4.37. The minimum atomic E-state index is -4.49. The highest BCUT2D eigenvalue weighted by Crippen LogP contribution is 2.37. The fourth-order valence-corrected chi connectivity index (χ4v) is 6.33. The summed E-state index contributed by atoms with van der Waals surface area (Å²) in [6.45, 7) is 14.5. The predicted molar refractivity (Wildman–Crippen MR) is 154 cm³/mol. The zero-order chi connectivity index (χ0) is 33.1. The van der Waals surface area contributed by atoms with Gasteiger partial charge in [-0.2, -0.15) is 23.2 Å². The number of esters is 3. The van der Waals surface area contributed by atoms with Crippen LogP contribution in [0.4, 0.5) is 0 Å². The molecule has 14 nitrogen and oxygen atoms in total. The van der Waals surface area contributed by atoms with Gasteiger partial charge in [-0.05, 0) is 34.4 Å². The summed E-state index contributed by atoms with van der Waals surface area (Å²) in [7, 11) is -4.49. The average molecular weight is 638 g/mol. The molecule has 15 heteroatoms. The fourth-order valence-electron chi connectivity index (χ4n) is 4.77. The van der Waals surface area contributed by atoms with E-state index in [0.29, 0.717) is 15.8 Å². The molecule has 0 N–H and O–H groups in total. The van der Waals surface area contributed by atoms with E-state index < -0.39 is 70.7 Å². The van der Waals surface area contributed by atoms with E-state index in [9.17, 15) is 27.6 Å². The van der Waals surface area contributed by atoms with Gasteiger partial charge in [0.15, 0.2) is 18.4 Å². The molecule has 0 spiro atoms. The van der Waals surface area contributed by atoms with Crippen LogP contribution in [-0.2, 0) is 43.4 Å². The number of ether oxygens (including phenoxy) is 4. The second-order valence-corrected chi connectivity index (χ2v) is 12.9. The normalized spacial score (nSPS) is 20.2. The zero-order valence-electron chi connectivity index (χ0n) is 26.2. The van der Waals surface area contributed by atoms with Crippen molar-refractivity contribution in [3.05, 3.63) is 45.5 Å². The van der Waals surface area contributed by atoms with Gasteiger partial charge in [0.25, 0.3) is 5.88 Å². The van der Waals surface area contributed by atoms with E-state index in [0.717, 1.165) is 32.5 Å². The molecule has 242 valence electrons. The molecule has 1 aromatic carbocycles. The van der Waals surface area contributed by atoms with Crippen molar-refractivity contribution in [2.45, 2.75) is 110 Å². The second-order valence-electron chi connectivity index (χ2n) is 11.4. The molecule has 1 aromatic heterocycles. The molecule has 0 saturated carbocycles. The van der Waals surface area contributed by atoms with Gasteiger partial charge in [-0.3, -0.25) is 14.4 Å². The molecule has 0 radical (unpaired) electrons. The van der Waals surface area contributed by atoms with Gasteiger partial charge in [0, 0.05) is 20.8 Å². The minimum Gasteiger partial charge on any atom is -0.463 e. The van der Waals surface area contributed by atoms with Gasteiger partial charge in [0.2, 0.25) is 0 Å². The van der Waals surface area contributed by atoms with Crippen molar-refractivity contribution in [3.8, 4) is 5.88 Å². The Kier molecular flexibility index (Phi) is 10.9. The fraction of sp³-hybridized carbons (Fsp3) is 0.586. The van der Waals surface area contributed by atoms with Crippen molar-refractivity contribution in [2.24, 2.45) is 0 Å². The lowest BCUT2D eigenvalue weighted by molar-refractivity contribution is -0.166. The molecule has 2 aromatic rings. The first-order valence-electron chi connectivity index (χ1n) is 14.1. The number of rotatable bonds is 11. The lowest BCUT2D eigenvalue weighted by Gasteiger charge is -2.23. The molecule has 1 saturated heterocycles. The average Bonchev–Trinajstić information content (AvgIpc) is 3.21. The van der Waals surface area contributed by atoms with Gasteiger partial charge in [-0.1, -0.05) is 53.7 Å². The number of hydrogen-bond donors (Lipinski definition) is 0. The van der Waals surface area contributed by atoms with E-state index in [4.69, 9.17) is 23.1 Å². The van der Waals surface area contributed by atoms with Crippen LogP contribution in [-0.4, -0.2) is 66.0 Å². The molecule has 0 amide bonds. The third kappa shape index (κ3) is 8.00. The van der Waals surface area contributed by atoms with Crippen LogP contribution in [0.5, 0.6) is 5.88 Å². The van der Waals surface area contributed by atoms with E-state index in [1.807, 2.05) is 53.7 Å². The van der Waals surface area contributed by atoms with Crippen LogP contribution in [0.2, 0.25) is 0 Å².